The van der Waals surface area contributed by atoms with Gasteiger partial charge in [0.1, 0.15) is 0 Å². The van der Waals surface area contributed by atoms with E-state index in [0.717, 1.165) is 17.3 Å². The van der Waals surface area contributed by atoms with Crippen molar-refractivity contribution in [3.05, 3.63) is 94.8 Å². The molecule has 170 valence electrons. The Morgan fingerprint density at radius 3 is 2.41 bits per heavy atom. The first-order valence-corrected chi connectivity index (χ1v) is 10.4. The van der Waals surface area contributed by atoms with Gasteiger partial charge in [0.2, 0.25) is 5.91 Å². The average molecular weight is 454 g/mol. The minimum Gasteiger partial charge on any atom is -0.398 e. The zero-order valence-electron chi connectivity index (χ0n) is 18.2. The van der Waals surface area contributed by atoms with Crippen molar-refractivity contribution in [3.63, 3.8) is 0 Å². The summed E-state index contributed by atoms with van der Waals surface area (Å²) in [5.41, 5.74) is 16.1. The molecule has 2 heterocycles. The Balaban J connectivity index is 1.47. The van der Waals surface area contributed by atoms with Gasteiger partial charge in [0.15, 0.2) is 0 Å². The van der Waals surface area contributed by atoms with E-state index in [1.807, 2.05) is 6.07 Å². The lowest BCUT2D eigenvalue weighted by atomic mass is 9.98. The first-order valence-electron chi connectivity index (χ1n) is 10.4. The Hall–Kier alpha value is -4.79. The van der Waals surface area contributed by atoms with Gasteiger partial charge in [-0.25, -0.2) is 4.79 Å². The summed E-state index contributed by atoms with van der Waals surface area (Å²) in [7, 11) is 0. The standard InChI is InChI=1S/C25H23N7O2/c26-11-18-9-16(3-6-22(18)27)21(24(29)33)10-23(28)15-1-4-20(5-2-15)31-25(34)32-13-17-7-8-30-12-19(17)14-32/h1-12,26,28H,13-14,27H2,(H2,29,33)(H,31,34)/b21-10-,26-11?,28-23?. The van der Waals surface area contributed by atoms with Crippen molar-refractivity contribution >= 4 is 40.8 Å². The van der Waals surface area contributed by atoms with Crippen LogP contribution in [0.5, 0.6) is 0 Å². The number of fused-ring (bicyclic) bond motifs is 1. The number of anilines is 2. The maximum Gasteiger partial charge on any atom is 0.322 e. The Labute approximate surface area is 196 Å². The van der Waals surface area contributed by atoms with Crippen LogP contribution >= 0.6 is 0 Å². The molecule has 3 amide bonds. The van der Waals surface area contributed by atoms with Gasteiger partial charge in [0, 0.05) is 54.2 Å². The second-order valence-electron chi connectivity index (χ2n) is 7.83. The minimum absolute atomic E-state index is 0.0717. The third-order valence-electron chi connectivity index (χ3n) is 5.57. The number of hydrogen-bond donors (Lipinski definition) is 5. The first-order chi connectivity index (χ1) is 16.4. The van der Waals surface area contributed by atoms with Crippen LogP contribution in [0.2, 0.25) is 0 Å². The molecule has 1 aliphatic heterocycles. The lowest BCUT2D eigenvalue weighted by Crippen LogP contribution is -2.30. The number of carbonyl (C=O) groups excluding carboxylic acids is 2. The maximum absolute atomic E-state index is 12.6. The monoisotopic (exact) mass is 453 g/mol. The predicted molar refractivity (Wildman–Crippen MR) is 132 cm³/mol. The van der Waals surface area contributed by atoms with Crippen LogP contribution in [-0.4, -0.2) is 33.7 Å². The SMILES string of the molecule is N=Cc1cc(/C(=C/C(=N)c2ccc(NC(=O)N3Cc4ccncc4C3)cc2)C(N)=O)ccc1N. The number of nitrogens with one attached hydrogen (secondary N) is 3. The molecule has 0 fully saturated rings. The number of nitrogen functional groups attached to an aromatic ring is 1. The Kier molecular flexibility index (Phi) is 6.18. The van der Waals surface area contributed by atoms with Gasteiger partial charge in [-0.2, -0.15) is 0 Å². The molecule has 0 unspecified atom stereocenters. The van der Waals surface area contributed by atoms with Crippen LogP contribution in [0.15, 0.2) is 67.0 Å². The number of pyridine rings is 1. The molecule has 0 spiro atoms. The third kappa shape index (κ3) is 4.68. The molecular formula is C25H23N7O2. The summed E-state index contributed by atoms with van der Waals surface area (Å²) < 4.78 is 0. The molecule has 0 atom stereocenters. The van der Waals surface area contributed by atoms with Crippen LogP contribution in [0.4, 0.5) is 16.2 Å². The summed E-state index contributed by atoms with van der Waals surface area (Å²) >= 11 is 0. The molecule has 1 aromatic heterocycles. The first kappa shape index (κ1) is 22.4. The van der Waals surface area contributed by atoms with Crippen LogP contribution in [-0.2, 0) is 17.9 Å². The van der Waals surface area contributed by atoms with Gasteiger partial charge in [-0.05, 0) is 58.7 Å². The zero-order valence-corrected chi connectivity index (χ0v) is 18.2. The summed E-state index contributed by atoms with van der Waals surface area (Å²) in [6.45, 7) is 1.03. The number of primary amides is 1. The van der Waals surface area contributed by atoms with E-state index in [9.17, 15) is 9.59 Å². The van der Waals surface area contributed by atoms with Gasteiger partial charge in [-0.3, -0.25) is 9.78 Å². The summed E-state index contributed by atoms with van der Waals surface area (Å²) in [6.07, 6.45) is 5.96. The fourth-order valence-electron chi connectivity index (χ4n) is 3.69. The highest BCUT2D eigenvalue weighted by atomic mass is 16.2. The highest BCUT2D eigenvalue weighted by Crippen LogP contribution is 2.23. The molecule has 0 saturated heterocycles. The van der Waals surface area contributed by atoms with Crippen molar-refractivity contribution in [2.24, 2.45) is 5.73 Å². The molecule has 34 heavy (non-hydrogen) atoms. The summed E-state index contributed by atoms with van der Waals surface area (Å²) in [4.78, 5) is 30.5. The minimum atomic E-state index is -0.698. The maximum atomic E-state index is 12.6. The van der Waals surface area contributed by atoms with Gasteiger partial charge < -0.3 is 32.5 Å². The van der Waals surface area contributed by atoms with Gasteiger partial charge >= 0.3 is 6.03 Å². The number of benzene rings is 2. The zero-order chi connectivity index (χ0) is 24.2. The predicted octanol–water partition coefficient (Wildman–Crippen LogP) is 3.15. The highest BCUT2D eigenvalue weighted by molar-refractivity contribution is 6.26. The molecule has 0 aliphatic carbocycles. The molecule has 4 rings (SSSR count). The van der Waals surface area contributed by atoms with E-state index in [-0.39, 0.29) is 17.3 Å². The molecule has 3 aromatic rings. The molecule has 9 nitrogen and oxygen atoms in total. The van der Waals surface area contributed by atoms with Crippen LogP contribution in [0, 0.1) is 10.8 Å². The molecule has 0 saturated carbocycles. The van der Waals surface area contributed by atoms with Crippen molar-refractivity contribution in [3.8, 4) is 0 Å². The van der Waals surface area contributed by atoms with Crippen molar-refractivity contribution in [1.82, 2.24) is 9.88 Å². The van der Waals surface area contributed by atoms with Gasteiger partial charge in [-0.1, -0.05) is 18.2 Å². The van der Waals surface area contributed by atoms with Gasteiger partial charge in [0.25, 0.3) is 0 Å². The number of carbonyl (C=O) groups is 2. The fourth-order valence-corrected chi connectivity index (χ4v) is 3.69. The number of allylic oxidation sites excluding steroid dienone is 1. The molecule has 0 radical (unpaired) electrons. The molecule has 7 N–H and O–H groups in total. The normalized spacial score (nSPS) is 12.7. The van der Waals surface area contributed by atoms with Gasteiger partial charge in [0.05, 0.1) is 5.71 Å². The van der Waals surface area contributed by atoms with Gasteiger partial charge in [-0.15, -0.1) is 0 Å². The smallest absolute Gasteiger partial charge is 0.322 e. The molecule has 2 aromatic carbocycles. The van der Waals surface area contributed by atoms with Crippen molar-refractivity contribution in [2.75, 3.05) is 11.1 Å². The van der Waals surface area contributed by atoms with Crippen LogP contribution in [0.1, 0.15) is 27.8 Å². The number of aromatic nitrogens is 1. The van der Waals surface area contributed by atoms with E-state index in [4.69, 9.17) is 22.3 Å². The number of amides is 3. The third-order valence-corrected chi connectivity index (χ3v) is 5.57. The topological polar surface area (TPSA) is 162 Å². The Morgan fingerprint density at radius 2 is 1.74 bits per heavy atom. The van der Waals surface area contributed by atoms with E-state index in [1.54, 1.807) is 59.8 Å². The lowest BCUT2D eigenvalue weighted by Gasteiger charge is -2.16. The van der Waals surface area contributed by atoms with E-state index in [1.165, 1.54) is 6.08 Å². The Morgan fingerprint density at radius 1 is 1.03 bits per heavy atom. The van der Waals surface area contributed by atoms with E-state index in [2.05, 4.69) is 10.3 Å². The van der Waals surface area contributed by atoms with Crippen LogP contribution in [0.3, 0.4) is 0 Å². The number of rotatable bonds is 6. The molecule has 0 bridgehead atoms. The largest absolute Gasteiger partial charge is 0.398 e. The van der Waals surface area contributed by atoms with Crippen molar-refractivity contribution in [1.29, 1.82) is 10.8 Å². The van der Waals surface area contributed by atoms with Crippen molar-refractivity contribution in [2.45, 2.75) is 13.1 Å². The molecule has 1 aliphatic rings. The fraction of sp³-hybridized carbons (Fsp3) is 0.0800. The number of nitrogens with two attached hydrogens (primary N) is 2. The quantitative estimate of drug-likeness (QED) is 0.220. The summed E-state index contributed by atoms with van der Waals surface area (Å²) in [5, 5.41) is 18.7. The van der Waals surface area contributed by atoms with Crippen LogP contribution < -0.4 is 16.8 Å². The Bertz CT molecular complexity index is 1300. The van der Waals surface area contributed by atoms with E-state index in [0.29, 0.717) is 41.2 Å². The number of hydrogen-bond acceptors (Lipinski definition) is 6. The molecular weight excluding hydrogens is 430 g/mol. The number of urea groups is 1. The number of nitrogens with zero attached hydrogens (tertiary/aromatic N) is 2. The second kappa shape index (κ2) is 9.37. The highest BCUT2D eigenvalue weighted by Gasteiger charge is 2.23. The lowest BCUT2D eigenvalue weighted by molar-refractivity contribution is -0.112. The van der Waals surface area contributed by atoms with E-state index >= 15 is 0 Å². The summed E-state index contributed by atoms with van der Waals surface area (Å²) in [6, 6.07) is 13.2. The van der Waals surface area contributed by atoms with Crippen molar-refractivity contribution < 1.29 is 9.59 Å². The van der Waals surface area contributed by atoms with E-state index < -0.39 is 5.91 Å². The van der Waals surface area contributed by atoms with Crippen LogP contribution in [0.25, 0.3) is 5.57 Å². The molecule has 9 heteroatoms. The summed E-state index contributed by atoms with van der Waals surface area (Å²) in [5.74, 6) is -0.698. The average Bonchev–Trinajstić information content (AvgIpc) is 3.28. The second-order valence-corrected chi connectivity index (χ2v) is 7.83.